The molecule has 0 aliphatic carbocycles. The number of carbonyl (C=O) groups is 1. The predicted molar refractivity (Wildman–Crippen MR) is 69.4 cm³/mol. The van der Waals surface area contributed by atoms with Gasteiger partial charge in [0.2, 0.25) is 0 Å². The number of nitro benzene ring substituents is 1. The number of ether oxygens (including phenoxy) is 1. The van der Waals surface area contributed by atoms with Gasteiger partial charge in [-0.1, -0.05) is 22.0 Å². The van der Waals surface area contributed by atoms with Crippen molar-refractivity contribution in [2.45, 2.75) is 12.3 Å². The second-order valence-corrected chi connectivity index (χ2v) is 4.40. The molecule has 1 rings (SSSR count). The molecule has 0 atom stereocenters. The Balaban J connectivity index is 3.37. The Morgan fingerprint density at radius 2 is 2.18 bits per heavy atom. The third-order valence-electron chi connectivity index (χ3n) is 2.03. The molecule has 5 nitrogen and oxygen atoms in total. The number of hydrogen-bond acceptors (Lipinski definition) is 4. The lowest BCUT2D eigenvalue weighted by molar-refractivity contribution is -0.385. The van der Waals surface area contributed by atoms with Gasteiger partial charge in [0.1, 0.15) is 4.47 Å². The number of benzene rings is 1. The first-order chi connectivity index (χ1) is 8.02. The van der Waals surface area contributed by atoms with E-state index in [1.807, 2.05) is 0 Å². The Labute approximate surface area is 115 Å². The van der Waals surface area contributed by atoms with Crippen LogP contribution in [0, 0.1) is 10.1 Å². The van der Waals surface area contributed by atoms with Gasteiger partial charge in [0.05, 0.1) is 17.1 Å². The fourth-order valence-electron chi connectivity index (χ4n) is 1.28. The minimum absolute atomic E-state index is 0.151. The van der Waals surface area contributed by atoms with Gasteiger partial charge in [-0.15, -0.1) is 0 Å². The molecule has 0 spiro atoms. The van der Waals surface area contributed by atoms with E-state index in [1.165, 1.54) is 12.1 Å². The van der Waals surface area contributed by atoms with Crippen LogP contribution in [0.15, 0.2) is 16.6 Å². The average Bonchev–Trinajstić information content (AvgIpc) is 2.27. The lowest BCUT2D eigenvalue weighted by atomic mass is 10.1. The van der Waals surface area contributed by atoms with Crippen molar-refractivity contribution in [3.05, 3.63) is 37.8 Å². The topological polar surface area (TPSA) is 69.4 Å². The number of hydrogen-bond donors (Lipinski definition) is 0. The van der Waals surface area contributed by atoms with Crippen LogP contribution in [-0.2, 0) is 10.1 Å². The zero-order valence-corrected chi connectivity index (χ0v) is 12.1. The molecule has 1 aromatic carbocycles. The molecule has 0 N–H and O–H groups in total. The van der Waals surface area contributed by atoms with E-state index in [9.17, 15) is 14.9 Å². The van der Waals surface area contributed by atoms with Gasteiger partial charge in [-0.05, 0) is 28.4 Å². The van der Waals surface area contributed by atoms with Gasteiger partial charge in [-0.25, -0.2) is 4.79 Å². The summed E-state index contributed by atoms with van der Waals surface area (Å²) in [6.45, 7) is 1.90. The van der Waals surface area contributed by atoms with Crippen LogP contribution in [0.25, 0.3) is 0 Å². The highest BCUT2D eigenvalue weighted by Crippen LogP contribution is 2.32. The lowest BCUT2D eigenvalue weighted by Crippen LogP contribution is -2.09. The Kier molecular flexibility index (Phi) is 5.07. The number of carbonyl (C=O) groups excluding carboxylic acids is 1. The summed E-state index contributed by atoms with van der Waals surface area (Å²) in [5.74, 6) is -0.572. The van der Waals surface area contributed by atoms with Crippen LogP contribution in [0.3, 0.4) is 0 Å². The maximum Gasteiger partial charge on any atom is 0.339 e. The highest BCUT2D eigenvalue weighted by molar-refractivity contribution is 9.10. The van der Waals surface area contributed by atoms with Crippen molar-refractivity contribution >= 4 is 43.5 Å². The fraction of sp³-hybridized carbons (Fsp3) is 0.300. The van der Waals surface area contributed by atoms with Gasteiger partial charge in [0, 0.05) is 11.4 Å². The van der Waals surface area contributed by atoms with Crippen molar-refractivity contribution in [3.8, 4) is 0 Å². The van der Waals surface area contributed by atoms with Crippen LogP contribution in [0.4, 0.5) is 5.69 Å². The summed E-state index contributed by atoms with van der Waals surface area (Å²) < 4.78 is 5.02. The molecule has 1 aromatic rings. The number of nitro groups is 1. The first-order valence-corrected chi connectivity index (χ1v) is 6.63. The van der Waals surface area contributed by atoms with Gasteiger partial charge >= 0.3 is 5.97 Å². The molecular weight excluding hydrogens is 358 g/mol. The molecule has 0 amide bonds. The van der Waals surface area contributed by atoms with Crippen molar-refractivity contribution in [2.24, 2.45) is 0 Å². The summed E-state index contributed by atoms with van der Waals surface area (Å²) in [6.07, 6.45) is 0. The van der Waals surface area contributed by atoms with Gasteiger partial charge in [0.15, 0.2) is 0 Å². The van der Waals surface area contributed by atoms with Crippen LogP contribution in [0.2, 0.25) is 0 Å². The average molecular weight is 367 g/mol. The largest absolute Gasteiger partial charge is 0.462 e. The molecule has 0 fully saturated rings. The molecule has 17 heavy (non-hydrogen) atoms. The summed E-state index contributed by atoms with van der Waals surface area (Å²) in [5.41, 5.74) is 0.677. The van der Waals surface area contributed by atoms with Crippen molar-refractivity contribution in [2.75, 3.05) is 6.61 Å². The summed E-state index contributed by atoms with van der Waals surface area (Å²) >= 11 is 6.31. The predicted octanol–water partition coefficient (Wildman–Crippen LogP) is 3.43. The zero-order valence-electron chi connectivity index (χ0n) is 8.91. The standard InChI is InChI=1S/C10H9Br2NO4/c1-2-17-10(14)8-6(5-11)3-4-7(9(8)12)13(15)16/h3-4H,2,5H2,1H3. The highest BCUT2D eigenvalue weighted by Gasteiger charge is 2.23. The second-order valence-electron chi connectivity index (χ2n) is 3.04. The first-order valence-electron chi connectivity index (χ1n) is 4.71. The van der Waals surface area contributed by atoms with Crippen LogP contribution in [0.5, 0.6) is 0 Å². The molecule has 7 heteroatoms. The van der Waals surface area contributed by atoms with E-state index in [0.717, 1.165) is 0 Å². The quantitative estimate of drug-likeness (QED) is 0.354. The van der Waals surface area contributed by atoms with Gasteiger partial charge in [-0.2, -0.15) is 0 Å². The third kappa shape index (κ3) is 3.04. The van der Waals surface area contributed by atoms with Crippen LogP contribution < -0.4 is 0 Å². The van der Waals surface area contributed by atoms with Gasteiger partial charge in [0.25, 0.3) is 5.69 Å². The Bertz CT molecular complexity index is 462. The number of halogens is 2. The summed E-state index contributed by atoms with van der Waals surface area (Å²) in [7, 11) is 0. The van der Waals surface area contributed by atoms with Crippen LogP contribution >= 0.6 is 31.9 Å². The third-order valence-corrected chi connectivity index (χ3v) is 3.43. The van der Waals surface area contributed by atoms with Crippen molar-refractivity contribution < 1.29 is 14.5 Å². The van der Waals surface area contributed by atoms with Gasteiger partial charge < -0.3 is 4.74 Å². The molecule has 0 heterocycles. The molecule has 0 aromatic heterocycles. The zero-order chi connectivity index (χ0) is 13.0. The summed E-state index contributed by atoms with van der Waals surface area (Å²) in [6, 6.07) is 2.88. The van der Waals surface area contributed by atoms with Crippen molar-refractivity contribution in [1.82, 2.24) is 0 Å². The molecule has 0 bridgehead atoms. The van der Waals surface area contributed by atoms with E-state index < -0.39 is 10.9 Å². The molecule has 0 radical (unpaired) electrons. The van der Waals surface area contributed by atoms with Crippen molar-refractivity contribution in [1.29, 1.82) is 0 Å². The molecule has 0 unspecified atom stereocenters. The molecule has 0 aliphatic rings. The summed E-state index contributed by atoms with van der Waals surface area (Å²) in [4.78, 5) is 21.9. The van der Waals surface area contributed by atoms with E-state index in [2.05, 4.69) is 31.9 Å². The number of esters is 1. The maximum atomic E-state index is 11.7. The SMILES string of the molecule is CCOC(=O)c1c(CBr)ccc([N+](=O)[O-])c1Br. The smallest absolute Gasteiger partial charge is 0.339 e. The maximum absolute atomic E-state index is 11.7. The Morgan fingerprint density at radius 3 is 2.65 bits per heavy atom. The number of nitrogens with zero attached hydrogens (tertiary/aromatic N) is 1. The fourth-order valence-corrected chi connectivity index (χ4v) is 2.44. The first kappa shape index (κ1) is 14.1. The van der Waals surface area contributed by atoms with Crippen LogP contribution in [0.1, 0.15) is 22.8 Å². The van der Waals surface area contributed by atoms with E-state index in [0.29, 0.717) is 10.9 Å². The van der Waals surface area contributed by atoms with Crippen molar-refractivity contribution in [3.63, 3.8) is 0 Å². The number of alkyl halides is 1. The minimum atomic E-state index is -0.572. The Hall–Kier alpha value is -0.950. The van der Waals surface area contributed by atoms with E-state index >= 15 is 0 Å². The molecule has 0 saturated carbocycles. The lowest BCUT2D eigenvalue weighted by Gasteiger charge is -2.09. The molecule has 92 valence electrons. The minimum Gasteiger partial charge on any atom is -0.462 e. The monoisotopic (exact) mass is 365 g/mol. The summed E-state index contributed by atoms with van der Waals surface area (Å²) in [5, 5.41) is 11.2. The Morgan fingerprint density at radius 1 is 1.53 bits per heavy atom. The van der Waals surface area contributed by atoms with E-state index in [-0.39, 0.29) is 22.3 Å². The molecular formula is C10H9Br2NO4. The van der Waals surface area contributed by atoms with E-state index in [1.54, 1.807) is 6.92 Å². The number of rotatable bonds is 4. The molecule has 0 saturated heterocycles. The molecule has 0 aliphatic heterocycles. The highest BCUT2D eigenvalue weighted by atomic mass is 79.9. The normalized spacial score (nSPS) is 10.1. The van der Waals surface area contributed by atoms with Gasteiger partial charge in [-0.3, -0.25) is 10.1 Å². The second kappa shape index (κ2) is 6.11. The van der Waals surface area contributed by atoms with Crippen LogP contribution in [-0.4, -0.2) is 17.5 Å². The van der Waals surface area contributed by atoms with E-state index in [4.69, 9.17) is 4.74 Å².